The summed E-state index contributed by atoms with van der Waals surface area (Å²) in [7, 11) is 1.34. The minimum atomic E-state index is -0.641. The first kappa shape index (κ1) is 16.7. The molecule has 3 atom stereocenters. The Morgan fingerprint density at radius 1 is 1.33 bits per heavy atom. The predicted octanol–water partition coefficient (Wildman–Crippen LogP) is 3.28. The summed E-state index contributed by atoms with van der Waals surface area (Å²) in [5.74, 6) is -1.95. The molecule has 2 aliphatic heterocycles. The standard InChI is InChI=1S/C18H18ClNO4/c1-4-12-14(17(21)23-3)13(10-5-7-11(19)8-6-10)15-16(20-12)9(2)24-18(15)22/h5-9,13-14H,4H2,1-3H3. The topological polar surface area (TPSA) is 65.0 Å². The van der Waals surface area contributed by atoms with E-state index in [0.717, 1.165) is 5.56 Å². The number of benzene rings is 1. The summed E-state index contributed by atoms with van der Waals surface area (Å²) in [5.41, 5.74) is 2.56. The molecular weight excluding hydrogens is 330 g/mol. The third-order valence-corrected chi connectivity index (χ3v) is 4.73. The van der Waals surface area contributed by atoms with Crippen LogP contribution >= 0.6 is 11.6 Å². The van der Waals surface area contributed by atoms with E-state index < -0.39 is 29.9 Å². The number of methoxy groups -OCH3 is 1. The van der Waals surface area contributed by atoms with Crippen LogP contribution in [0.3, 0.4) is 0 Å². The number of carbonyl (C=O) groups is 2. The first-order valence-corrected chi connectivity index (χ1v) is 8.21. The van der Waals surface area contributed by atoms with Crippen LogP contribution in [0, 0.1) is 5.92 Å². The number of halogens is 1. The second-order valence-electron chi connectivity index (χ2n) is 5.83. The van der Waals surface area contributed by atoms with E-state index in [0.29, 0.717) is 28.4 Å². The molecule has 3 rings (SSSR count). The van der Waals surface area contributed by atoms with Crippen molar-refractivity contribution in [3.8, 4) is 0 Å². The Kier molecular flexibility index (Phi) is 4.45. The van der Waals surface area contributed by atoms with E-state index in [2.05, 4.69) is 4.99 Å². The van der Waals surface area contributed by atoms with Crippen LogP contribution in [0.25, 0.3) is 0 Å². The smallest absolute Gasteiger partial charge is 0.337 e. The molecule has 5 nitrogen and oxygen atoms in total. The first-order chi connectivity index (χ1) is 11.5. The number of carbonyl (C=O) groups excluding carboxylic acids is 2. The molecule has 0 aromatic heterocycles. The second-order valence-corrected chi connectivity index (χ2v) is 6.27. The molecule has 0 spiro atoms. The van der Waals surface area contributed by atoms with Crippen LogP contribution in [0.2, 0.25) is 5.02 Å². The van der Waals surface area contributed by atoms with E-state index in [9.17, 15) is 9.59 Å². The van der Waals surface area contributed by atoms with Gasteiger partial charge in [0, 0.05) is 16.7 Å². The summed E-state index contributed by atoms with van der Waals surface area (Å²) < 4.78 is 10.3. The summed E-state index contributed by atoms with van der Waals surface area (Å²) in [4.78, 5) is 29.4. The molecule has 2 heterocycles. The second kappa shape index (κ2) is 6.40. The molecule has 24 heavy (non-hydrogen) atoms. The third-order valence-electron chi connectivity index (χ3n) is 4.48. The van der Waals surface area contributed by atoms with Crippen LogP contribution in [-0.4, -0.2) is 30.9 Å². The number of hydrogen-bond donors (Lipinski definition) is 0. The number of cyclic esters (lactones) is 1. The predicted molar refractivity (Wildman–Crippen MR) is 90.0 cm³/mol. The van der Waals surface area contributed by atoms with E-state index in [1.807, 2.05) is 19.1 Å². The molecule has 0 amide bonds. The van der Waals surface area contributed by atoms with Gasteiger partial charge in [-0.25, -0.2) is 4.79 Å². The number of hydrogen-bond acceptors (Lipinski definition) is 5. The number of ether oxygens (including phenoxy) is 2. The molecule has 6 heteroatoms. The van der Waals surface area contributed by atoms with Crippen LogP contribution in [-0.2, 0) is 19.1 Å². The summed E-state index contributed by atoms with van der Waals surface area (Å²) in [5, 5.41) is 0.588. The zero-order valence-electron chi connectivity index (χ0n) is 13.7. The van der Waals surface area contributed by atoms with Gasteiger partial charge in [0.15, 0.2) is 0 Å². The maximum Gasteiger partial charge on any atom is 0.337 e. The fraction of sp³-hybridized carbons (Fsp3) is 0.389. The van der Waals surface area contributed by atoms with Gasteiger partial charge in [0.05, 0.1) is 18.4 Å². The zero-order valence-corrected chi connectivity index (χ0v) is 14.5. The van der Waals surface area contributed by atoms with E-state index in [4.69, 9.17) is 21.1 Å². The number of aliphatic imine (C=N–C) groups is 1. The minimum Gasteiger partial charge on any atom is -0.468 e. The highest BCUT2D eigenvalue weighted by Gasteiger charge is 2.47. The molecule has 1 aromatic rings. The van der Waals surface area contributed by atoms with Gasteiger partial charge in [-0.2, -0.15) is 0 Å². The van der Waals surface area contributed by atoms with Crippen molar-refractivity contribution in [1.82, 2.24) is 0 Å². The molecule has 0 saturated heterocycles. The maximum absolute atomic E-state index is 12.5. The van der Waals surface area contributed by atoms with Gasteiger partial charge in [0.25, 0.3) is 0 Å². The quantitative estimate of drug-likeness (QED) is 0.787. The fourth-order valence-electron chi connectivity index (χ4n) is 3.35. The molecule has 0 N–H and O–H groups in total. The van der Waals surface area contributed by atoms with Gasteiger partial charge >= 0.3 is 11.9 Å². The van der Waals surface area contributed by atoms with Crippen molar-refractivity contribution in [3.05, 3.63) is 46.1 Å². The first-order valence-electron chi connectivity index (χ1n) is 7.83. The lowest BCUT2D eigenvalue weighted by Crippen LogP contribution is -2.35. The van der Waals surface area contributed by atoms with E-state index in [-0.39, 0.29) is 0 Å². The molecule has 126 valence electrons. The van der Waals surface area contributed by atoms with E-state index in [1.54, 1.807) is 19.1 Å². The summed E-state index contributed by atoms with van der Waals surface area (Å²) >= 11 is 5.98. The Morgan fingerprint density at radius 2 is 2.00 bits per heavy atom. The molecule has 1 aromatic carbocycles. The number of esters is 2. The Labute approximate surface area is 145 Å². The fourth-order valence-corrected chi connectivity index (χ4v) is 3.48. The lowest BCUT2D eigenvalue weighted by molar-refractivity contribution is -0.143. The number of nitrogens with zero attached hydrogens (tertiary/aromatic N) is 1. The van der Waals surface area contributed by atoms with Gasteiger partial charge < -0.3 is 9.47 Å². The van der Waals surface area contributed by atoms with Crippen molar-refractivity contribution in [2.45, 2.75) is 32.3 Å². The summed E-state index contributed by atoms with van der Waals surface area (Å²) in [6.07, 6.45) is 0.170. The molecule has 0 bridgehead atoms. The van der Waals surface area contributed by atoms with Crippen molar-refractivity contribution in [2.24, 2.45) is 10.9 Å². The monoisotopic (exact) mass is 347 g/mol. The Bertz CT molecular complexity index is 751. The van der Waals surface area contributed by atoms with E-state index >= 15 is 0 Å². The van der Waals surface area contributed by atoms with Crippen LogP contribution in [0.4, 0.5) is 0 Å². The highest BCUT2D eigenvalue weighted by molar-refractivity contribution is 6.30. The minimum absolute atomic E-state index is 0.408. The van der Waals surface area contributed by atoms with Gasteiger partial charge in [0.2, 0.25) is 0 Å². The lowest BCUT2D eigenvalue weighted by atomic mass is 9.75. The maximum atomic E-state index is 12.5. The Morgan fingerprint density at radius 3 is 2.58 bits per heavy atom. The van der Waals surface area contributed by atoms with Gasteiger partial charge in [0.1, 0.15) is 12.0 Å². The molecule has 0 radical (unpaired) electrons. The van der Waals surface area contributed by atoms with Crippen molar-refractivity contribution >= 4 is 29.3 Å². The highest BCUT2D eigenvalue weighted by atomic mass is 35.5. The Hall–Kier alpha value is -2.14. The largest absolute Gasteiger partial charge is 0.468 e. The molecule has 0 fully saturated rings. The lowest BCUT2D eigenvalue weighted by Gasteiger charge is -2.30. The van der Waals surface area contributed by atoms with Crippen molar-refractivity contribution in [2.75, 3.05) is 7.11 Å². The zero-order chi connectivity index (χ0) is 17.4. The summed E-state index contributed by atoms with van der Waals surface area (Å²) in [6, 6.07) is 7.13. The molecule has 3 unspecified atom stereocenters. The van der Waals surface area contributed by atoms with Crippen LogP contribution < -0.4 is 0 Å². The van der Waals surface area contributed by atoms with Gasteiger partial charge in [-0.1, -0.05) is 30.7 Å². The molecule has 0 aliphatic carbocycles. The van der Waals surface area contributed by atoms with Gasteiger partial charge in [-0.15, -0.1) is 0 Å². The Balaban J connectivity index is 2.20. The van der Waals surface area contributed by atoms with Crippen LogP contribution in [0.5, 0.6) is 0 Å². The van der Waals surface area contributed by atoms with Crippen molar-refractivity contribution < 1.29 is 19.1 Å². The van der Waals surface area contributed by atoms with Gasteiger partial charge in [-0.05, 0) is 31.0 Å². The number of rotatable bonds is 3. The average Bonchev–Trinajstić information content (AvgIpc) is 2.87. The van der Waals surface area contributed by atoms with Gasteiger partial charge in [-0.3, -0.25) is 9.79 Å². The van der Waals surface area contributed by atoms with Crippen LogP contribution in [0.1, 0.15) is 31.7 Å². The molecule has 0 saturated carbocycles. The SMILES string of the molecule is CCC1=NC2=C(C(=O)OC2C)C(c2ccc(Cl)cc2)C1C(=O)OC. The normalized spacial score (nSPS) is 25.9. The van der Waals surface area contributed by atoms with Crippen molar-refractivity contribution in [3.63, 3.8) is 0 Å². The average molecular weight is 348 g/mol. The highest BCUT2D eigenvalue weighted by Crippen LogP contribution is 2.44. The molecule has 2 aliphatic rings. The third kappa shape index (κ3) is 2.63. The van der Waals surface area contributed by atoms with Crippen LogP contribution in [0.15, 0.2) is 40.5 Å². The van der Waals surface area contributed by atoms with Crippen molar-refractivity contribution in [1.29, 1.82) is 0 Å². The molecular formula is C18H18ClNO4. The van der Waals surface area contributed by atoms with E-state index in [1.165, 1.54) is 7.11 Å². The summed E-state index contributed by atoms with van der Waals surface area (Å²) in [6.45, 7) is 3.72.